The molecule has 0 saturated heterocycles. The number of rotatable bonds is 2. The number of aromatic nitrogens is 1. The van der Waals surface area contributed by atoms with Crippen molar-refractivity contribution in [2.45, 2.75) is 0 Å². The van der Waals surface area contributed by atoms with Crippen molar-refractivity contribution >= 4 is 22.6 Å². The molecule has 0 atom stereocenters. The summed E-state index contributed by atoms with van der Waals surface area (Å²) >= 11 is 0. The first kappa shape index (κ1) is 11.5. The Balaban J connectivity index is 2.07. The van der Waals surface area contributed by atoms with Gasteiger partial charge in [-0.25, -0.2) is 9.78 Å². The van der Waals surface area contributed by atoms with Gasteiger partial charge >= 0.3 is 5.97 Å². The number of carbonyl (C=O) groups is 1. The average molecular weight is 256 g/mol. The number of likely N-dealkylation sites (N-methyl/N-ethyl adjacent to an activating group) is 1. The number of nitrogens with zero attached hydrogens (tertiary/aromatic N) is 2. The highest BCUT2D eigenvalue weighted by Crippen LogP contribution is 2.24. The van der Waals surface area contributed by atoms with Crippen molar-refractivity contribution in [1.29, 1.82) is 0 Å². The fourth-order valence-corrected chi connectivity index (χ4v) is 1.99. The second kappa shape index (κ2) is 4.28. The lowest BCUT2D eigenvalue weighted by Gasteiger charge is -2.15. The molecule has 5 heteroatoms. The van der Waals surface area contributed by atoms with Crippen LogP contribution in [-0.2, 0) is 0 Å². The topological polar surface area (TPSA) is 66.6 Å². The molecule has 2 aromatic rings. The highest BCUT2D eigenvalue weighted by molar-refractivity contribution is 5.92. The smallest absolute Gasteiger partial charge is 0.335 e. The summed E-state index contributed by atoms with van der Waals surface area (Å²) in [5.74, 6) is -0.475. The van der Waals surface area contributed by atoms with Crippen molar-refractivity contribution in [3.63, 3.8) is 0 Å². The summed E-state index contributed by atoms with van der Waals surface area (Å²) in [6, 6.07) is 4.67. The zero-order valence-electron chi connectivity index (χ0n) is 10.3. The molecule has 0 fully saturated rings. The fourth-order valence-electron chi connectivity index (χ4n) is 1.99. The third kappa shape index (κ3) is 2.10. The zero-order valence-corrected chi connectivity index (χ0v) is 10.3. The van der Waals surface area contributed by atoms with Gasteiger partial charge in [-0.15, -0.1) is 0 Å². The van der Waals surface area contributed by atoms with Crippen LogP contribution in [0.3, 0.4) is 0 Å². The number of carboxylic acid groups (broad SMARTS) is 1. The molecule has 5 nitrogen and oxygen atoms in total. The minimum absolute atomic E-state index is 0.195. The van der Waals surface area contributed by atoms with E-state index in [9.17, 15) is 4.79 Å². The van der Waals surface area contributed by atoms with E-state index in [-0.39, 0.29) is 5.56 Å². The summed E-state index contributed by atoms with van der Waals surface area (Å²) in [5.41, 5.74) is 2.21. The van der Waals surface area contributed by atoms with Crippen molar-refractivity contribution in [2.24, 2.45) is 0 Å². The molecule has 2 heterocycles. The van der Waals surface area contributed by atoms with E-state index in [0.29, 0.717) is 17.0 Å². The van der Waals surface area contributed by atoms with Crippen molar-refractivity contribution < 1.29 is 14.3 Å². The maximum absolute atomic E-state index is 10.9. The molecule has 0 bridgehead atoms. The summed E-state index contributed by atoms with van der Waals surface area (Å²) in [6.07, 6.45) is 5.92. The minimum atomic E-state index is -0.976. The van der Waals surface area contributed by atoms with Crippen LogP contribution in [0.5, 0.6) is 0 Å². The molecular weight excluding hydrogens is 244 g/mol. The van der Waals surface area contributed by atoms with Crippen molar-refractivity contribution in [1.82, 2.24) is 9.88 Å². The quantitative estimate of drug-likeness (QED) is 0.893. The van der Waals surface area contributed by atoms with Crippen LogP contribution in [0.25, 0.3) is 16.7 Å². The van der Waals surface area contributed by atoms with Crippen molar-refractivity contribution in [2.75, 3.05) is 13.6 Å². The van der Waals surface area contributed by atoms with Crippen LogP contribution in [0.1, 0.15) is 16.2 Å². The number of carboxylic acids is 1. The van der Waals surface area contributed by atoms with Gasteiger partial charge in [-0.2, -0.15) is 0 Å². The molecule has 1 aliphatic rings. The third-order valence-corrected chi connectivity index (χ3v) is 2.93. The SMILES string of the molecule is CN1C=C(c2nc3ccc(C(=O)O)cc3o2)C=CC1. The Labute approximate surface area is 109 Å². The van der Waals surface area contributed by atoms with E-state index in [1.807, 2.05) is 30.3 Å². The number of allylic oxidation sites excluding steroid dienone is 2. The predicted molar refractivity (Wildman–Crippen MR) is 70.7 cm³/mol. The molecule has 0 saturated carbocycles. The molecule has 0 aliphatic carbocycles. The Morgan fingerprint density at radius 3 is 3.05 bits per heavy atom. The Morgan fingerprint density at radius 2 is 2.32 bits per heavy atom. The van der Waals surface area contributed by atoms with E-state index in [4.69, 9.17) is 9.52 Å². The number of hydrogen-bond donors (Lipinski definition) is 1. The van der Waals surface area contributed by atoms with Gasteiger partial charge in [0.2, 0.25) is 5.89 Å². The van der Waals surface area contributed by atoms with Crippen molar-refractivity contribution in [3.8, 4) is 0 Å². The lowest BCUT2D eigenvalue weighted by molar-refractivity contribution is 0.0697. The minimum Gasteiger partial charge on any atom is -0.478 e. The van der Waals surface area contributed by atoms with E-state index in [1.165, 1.54) is 12.1 Å². The van der Waals surface area contributed by atoms with Gasteiger partial charge in [0, 0.05) is 19.8 Å². The number of oxazole rings is 1. The number of benzene rings is 1. The van der Waals surface area contributed by atoms with E-state index >= 15 is 0 Å². The maximum Gasteiger partial charge on any atom is 0.335 e. The molecule has 3 rings (SSSR count). The van der Waals surface area contributed by atoms with E-state index in [1.54, 1.807) is 6.07 Å². The van der Waals surface area contributed by atoms with Gasteiger partial charge in [-0.3, -0.25) is 0 Å². The normalized spacial score (nSPS) is 14.8. The van der Waals surface area contributed by atoms with E-state index < -0.39 is 5.97 Å². The third-order valence-electron chi connectivity index (χ3n) is 2.93. The van der Waals surface area contributed by atoms with Gasteiger partial charge in [-0.1, -0.05) is 12.2 Å². The number of aromatic carboxylic acids is 1. The lowest BCUT2D eigenvalue weighted by atomic mass is 10.2. The molecule has 1 N–H and O–H groups in total. The Kier molecular flexibility index (Phi) is 2.59. The van der Waals surface area contributed by atoms with E-state index in [0.717, 1.165) is 12.1 Å². The van der Waals surface area contributed by atoms with Crippen LogP contribution in [-0.4, -0.2) is 34.6 Å². The summed E-state index contributed by atoms with van der Waals surface area (Å²) < 4.78 is 5.63. The second-order valence-electron chi connectivity index (χ2n) is 4.43. The van der Waals surface area contributed by atoms with E-state index in [2.05, 4.69) is 4.98 Å². The molecular formula is C14H12N2O3. The molecule has 0 unspecified atom stereocenters. The van der Waals surface area contributed by atoms with Crippen LogP contribution in [0, 0.1) is 0 Å². The zero-order chi connectivity index (χ0) is 13.4. The molecule has 96 valence electrons. The summed E-state index contributed by atoms with van der Waals surface area (Å²) in [5, 5.41) is 8.94. The van der Waals surface area contributed by atoms with Gasteiger partial charge in [0.1, 0.15) is 5.52 Å². The Morgan fingerprint density at radius 1 is 1.47 bits per heavy atom. The number of fused-ring (bicyclic) bond motifs is 1. The van der Waals surface area contributed by atoms with Gasteiger partial charge in [0.05, 0.1) is 11.1 Å². The fraction of sp³-hybridized carbons (Fsp3) is 0.143. The monoisotopic (exact) mass is 256 g/mol. The summed E-state index contributed by atoms with van der Waals surface area (Å²) in [4.78, 5) is 17.3. The maximum atomic E-state index is 10.9. The molecule has 0 amide bonds. The molecule has 19 heavy (non-hydrogen) atoms. The molecule has 0 radical (unpaired) electrons. The lowest BCUT2D eigenvalue weighted by Crippen LogP contribution is -2.13. The second-order valence-corrected chi connectivity index (χ2v) is 4.43. The van der Waals surface area contributed by atoms with Crippen LogP contribution in [0.4, 0.5) is 0 Å². The van der Waals surface area contributed by atoms with Gasteiger partial charge in [-0.05, 0) is 18.2 Å². The van der Waals surface area contributed by atoms with Crippen LogP contribution in [0.2, 0.25) is 0 Å². The summed E-state index contributed by atoms with van der Waals surface area (Å²) in [6.45, 7) is 0.854. The predicted octanol–water partition coefficient (Wildman–Crippen LogP) is 2.37. The van der Waals surface area contributed by atoms with Crippen LogP contribution < -0.4 is 0 Å². The van der Waals surface area contributed by atoms with Crippen molar-refractivity contribution in [3.05, 3.63) is 48.0 Å². The number of hydrogen-bond acceptors (Lipinski definition) is 4. The standard InChI is InChI=1S/C14H12N2O3/c1-16-6-2-3-10(8-16)13-15-11-5-4-9(14(17)18)7-12(11)19-13/h2-5,7-8H,6H2,1H3,(H,17,18). The molecule has 1 aromatic carbocycles. The van der Waals surface area contributed by atoms with Gasteiger partial charge in [0.25, 0.3) is 0 Å². The molecule has 1 aromatic heterocycles. The average Bonchev–Trinajstić information content (AvgIpc) is 2.81. The molecule has 0 spiro atoms. The van der Waals surface area contributed by atoms with Crippen LogP contribution in [0.15, 0.2) is 41.0 Å². The first-order valence-electron chi connectivity index (χ1n) is 5.86. The summed E-state index contributed by atoms with van der Waals surface area (Å²) in [7, 11) is 1.97. The van der Waals surface area contributed by atoms with Gasteiger partial charge < -0.3 is 14.4 Å². The molecule has 1 aliphatic heterocycles. The Hall–Kier alpha value is -2.56. The largest absolute Gasteiger partial charge is 0.478 e. The first-order chi connectivity index (χ1) is 9.13. The highest BCUT2D eigenvalue weighted by atomic mass is 16.4. The first-order valence-corrected chi connectivity index (χ1v) is 5.86. The van der Waals surface area contributed by atoms with Crippen LogP contribution >= 0.6 is 0 Å². The highest BCUT2D eigenvalue weighted by Gasteiger charge is 2.13. The Bertz CT molecular complexity index is 713. The van der Waals surface area contributed by atoms with Gasteiger partial charge in [0.15, 0.2) is 5.58 Å².